The third kappa shape index (κ3) is 2.61. The zero-order valence-corrected chi connectivity index (χ0v) is 10.3. The Bertz CT molecular complexity index is 384. The zero-order valence-electron chi connectivity index (χ0n) is 10.3. The number of rotatable bonds is 4. The number of anilines is 2. The maximum atomic E-state index is 5.89. The third-order valence-electron chi connectivity index (χ3n) is 3.19. The molecule has 1 aliphatic carbocycles. The number of nitrogen functional groups attached to an aromatic ring is 1. The number of pyridine rings is 1. The van der Waals surface area contributed by atoms with Gasteiger partial charge in [0.15, 0.2) is 5.82 Å². The van der Waals surface area contributed by atoms with Gasteiger partial charge < -0.3 is 20.5 Å². The van der Waals surface area contributed by atoms with Crippen molar-refractivity contribution >= 4 is 11.5 Å². The number of aromatic nitrogens is 1. The lowest BCUT2D eigenvalue weighted by Gasteiger charge is -2.21. The molecule has 5 heteroatoms. The van der Waals surface area contributed by atoms with Crippen molar-refractivity contribution in [3.63, 3.8) is 0 Å². The molecule has 0 amide bonds. The van der Waals surface area contributed by atoms with E-state index >= 15 is 0 Å². The minimum atomic E-state index is 0.238. The van der Waals surface area contributed by atoms with Gasteiger partial charge in [-0.1, -0.05) is 0 Å². The molecule has 3 N–H and O–H groups in total. The van der Waals surface area contributed by atoms with Gasteiger partial charge in [-0.2, -0.15) is 4.98 Å². The molecule has 0 aliphatic heterocycles. The molecule has 5 nitrogen and oxygen atoms in total. The highest BCUT2D eigenvalue weighted by Crippen LogP contribution is 2.27. The molecule has 2 atom stereocenters. The highest BCUT2D eigenvalue weighted by atomic mass is 16.5. The number of methoxy groups -OCH3 is 2. The molecule has 1 aromatic rings. The average Bonchev–Trinajstić information content (AvgIpc) is 2.79. The smallest absolute Gasteiger partial charge is 0.215 e. The van der Waals surface area contributed by atoms with Crippen LogP contribution < -0.4 is 15.8 Å². The number of ether oxygens (including phenoxy) is 2. The van der Waals surface area contributed by atoms with Crippen LogP contribution in [-0.4, -0.2) is 31.3 Å². The summed E-state index contributed by atoms with van der Waals surface area (Å²) in [5.74, 6) is 1.24. The number of hydrogen-bond donors (Lipinski definition) is 2. The van der Waals surface area contributed by atoms with Crippen molar-refractivity contribution in [1.29, 1.82) is 0 Å². The molecule has 0 spiro atoms. The van der Waals surface area contributed by atoms with Gasteiger partial charge in [-0.25, -0.2) is 0 Å². The summed E-state index contributed by atoms with van der Waals surface area (Å²) >= 11 is 0. The topological polar surface area (TPSA) is 69.4 Å². The lowest BCUT2D eigenvalue weighted by molar-refractivity contribution is 0.101. The maximum Gasteiger partial charge on any atom is 0.215 e. The standard InChI is InChI=1S/C12H19N3O2/c1-16-10-5-3-4-9(10)14-12-8(13)6-7-11(15-12)17-2/h6-7,9-10H,3-5,13H2,1-2H3,(H,14,15). The molecule has 2 unspecified atom stereocenters. The summed E-state index contributed by atoms with van der Waals surface area (Å²) in [6, 6.07) is 3.83. The average molecular weight is 237 g/mol. The van der Waals surface area contributed by atoms with E-state index in [2.05, 4.69) is 10.3 Å². The summed E-state index contributed by atoms with van der Waals surface area (Å²) in [7, 11) is 3.34. The van der Waals surface area contributed by atoms with Gasteiger partial charge in [-0.05, 0) is 25.3 Å². The first-order chi connectivity index (χ1) is 8.24. The van der Waals surface area contributed by atoms with Crippen LogP contribution in [0.5, 0.6) is 5.88 Å². The minimum absolute atomic E-state index is 0.238. The van der Waals surface area contributed by atoms with Crippen LogP contribution in [-0.2, 0) is 4.74 Å². The molecule has 1 saturated carbocycles. The van der Waals surface area contributed by atoms with E-state index in [-0.39, 0.29) is 12.1 Å². The first kappa shape index (κ1) is 12.0. The summed E-state index contributed by atoms with van der Waals surface area (Å²) < 4.78 is 10.5. The van der Waals surface area contributed by atoms with Crippen LogP contribution in [0.25, 0.3) is 0 Å². The molecule has 2 rings (SSSR count). The molecular weight excluding hydrogens is 218 g/mol. The van der Waals surface area contributed by atoms with Crippen LogP contribution in [0.2, 0.25) is 0 Å². The molecule has 0 aromatic carbocycles. The predicted molar refractivity (Wildman–Crippen MR) is 67.3 cm³/mol. The molecule has 1 fully saturated rings. The van der Waals surface area contributed by atoms with Gasteiger partial charge in [-0.3, -0.25) is 0 Å². The summed E-state index contributed by atoms with van der Waals surface area (Å²) in [4.78, 5) is 4.31. The van der Waals surface area contributed by atoms with Crippen LogP contribution in [0.15, 0.2) is 12.1 Å². The van der Waals surface area contributed by atoms with Gasteiger partial charge in [0.2, 0.25) is 5.88 Å². The lowest BCUT2D eigenvalue weighted by Crippen LogP contribution is -2.30. The largest absolute Gasteiger partial charge is 0.481 e. The van der Waals surface area contributed by atoms with E-state index in [4.69, 9.17) is 15.2 Å². The van der Waals surface area contributed by atoms with Crippen molar-refractivity contribution in [2.45, 2.75) is 31.4 Å². The van der Waals surface area contributed by atoms with Gasteiger partial charge in [0.1, 0.15) is 0 Å². The van der Waals surface area contributed by atoms with Crippen molar-refractivity contribution in [3.05, 3.63) is 12.1 Å². The molecule has 1 heterocycles. The number of hydrogen-bond acceptors (Lipinski definition) is 5. The van der Waals surface area contributed by atoms with E-state index < -0.39 is 0 Å². The fraction of sp³-hybridized carbons (Fsp3) is 0.583. The van der Waals surface area contributed by atoms with Gasteiger partial charge in [0.25, 0.3) is 0 Å². The quantitative estimate of drug-likeness (QED) is 0.833. The van der Waals surface area contributed by atoms with Crippen LogP contribution in [0.1, 0.15) is 19.3 Å². The van der Waals surface area contributed by atoms with E-state index in [1.165, 1.54) is 6.42 Å². The first-order valence-electron chi connectivity index (χ1n) is 5.84. The van der Waals surface area contributed by atoms with Crippen molar-refractivity contribution in [2.75, 3.05) is 25.3 Å². The van der Waals surface area contributed by atoms with Crippen molar-refractivity contribution < 1.29 is 9.47 Å². The SMILES string of the molecule is COc1ccc(N)c(NC2CCCC2OC)n1. The van der Waals surface area contributed by atoms with E-state index in [1.54, 1.807) is 26.4 Å². The number of nitrogens with zero attached hydrogens (tertiary/aromatic N) is 1. The third-order valence-corrected chi connectivity index (χ3v) is 3.19. The highest BCUT2D eigenvalue weighted by Gasteiger charge is 2.27. The van der Waals surface area contributed by atoms with Gasteiger partial charge in [0, 0.05) is 13.2 Å². The molecule has 1 aliphatic rings. The highest BCUT2D eigenvalue weighted by molar-refractivity contribution is 5.62. The second kappa shape index (κ2) is 5.23. The maximum absolute atomic E-state index is 5.89. The Morgan fingerprint density at radius 2 is 2.18 bits per heavy atom. The van der Waals surface area contributed by atoms with Crippen LogP contribution in [0.3, 0.4) is 0 Å². The first-order valence-corrected chi connectivity index (χ1v) is 5.84. The predicted octanol–water partition coefficient (Wildman–Crippen LogP) is 1.65. The molecule has 0 radical (unpaired) electrons. The Hall–Kier alpha value is -1.49. The van der Waals surface area contributed by atoms with Crippen LogP contribution in [0.4, 0.5) is 11.5 Å². The normalized spacial score (nSPS) is 23.6. The van der Waals surface area contributed by atoms with Crippen molar-refractivity contribution in [2.24, 2.45) is 0 Å². The minimum Gasteiger partial charge on any atom is -0.481 e. The Balaban J connectivity index is 2.12. The zero-order chi connectivity index (χ0) is 12.3. The summed E-state index contributed by atoms with van der Waals surface area (Å²) in [5.41, 5.74) is 6.52. The lowest BCUT2D eigenvalue weighted by atomic mass is 10.2. The summed E-state index contributed by atoms with van der Waals surface area (Å²) in [6.07, 6.45) is 3.57. The van der Waals surface area contributed by atoms with E-state index in [1.807, 2.05) is 0 Å². The van der Waals surface area contributed by atoms with Crippen LogP contribution in [0, 0.1) is 0 Å². The Labute approximate surface area is 101 Å². The number of nitrogens with one attached hydrogen (secondary N) is 1. The Morgan fingerprint density at radius 1 is 1.35 bits per heavy atom. The molecule has 0 bridgehead atoms. The fourth-order valence-electron chi connectivity index (χ4n) is 2.23. The van der Waals surface area contributed by atoms with Crippen molar-refractivity contribution in [1.82, 2.24) is 4.98 Å². The molecule has 0 saturated heterocycles. The Morgan fingerprint density at radius 3 is 2.88 bits per heavy atom. The molecular formula is C12H19N3O2. The molecule has 17 heavy (non-hydrogen) atoms. The van der Waals surface area contributed by atoms with E-state index in [0.717, 1.165) is 12.8 Å². The monoisotopic (exact) mass is 237 g/mol. The summed E-state index contributed by atoms with van der Waals surface area (Å²) in [5, 5.41) is 3.34. The Kier molecular flexibility index (Phi) is 3.68. The molecule has 94 valence electrons. The van der Waals surface area contributed by atoms with Gasteiger partial charge in [-0.15, -0.1) is 0 Å². The second-order valence-electron chi connectivity index (χ2n) is 4.25. The number of nitrogens with two attached hydrogens (primary N) is 1. The summed E-state index contributed by atoms with van der Waals surface area (Å²) in [6.45, 7) is 0. The molecule has 1 aromatic heterocycles. The van der Waals surface area contributed by atoms with Crippen LogP contribution >= 0.6 is 0 Å². The van der Waals surface area contributed by atoms with E-state index in [9.17, 15) is 0 Å². The van der Waals surface area contributed by atoms with Crippen molar-refractivity contribution in [3.8, 4) is 5.88 Å². The fourth-order valence-corrected chi connectivity index (χ4v) is 2.23. The van der Waals surface area contributed by atoms with Gasteiger partial charge in [0.05, 0.1) is 24.9 Å². The van der Waals surface area contributed by atoms with E-state index in [0.29, 0.717) is 17.4 Å². The van der Waals surface area contributed by atoms with Gasteiger partial charge >= 0.3 is 0 Å². The second-order valence-corrected chi connectivity index (χ2v) is 4.25.